The van der Waals surface area contributed by atoms with Crippen LogP contribution in [0.25, 0.3) is 0 Å². The van der Waals surface area contributed by atoms with Gasteiger partial charge in [-0.3, -0.25) is 4.79 Å². The molecule has 2 bridgehead atoms. The maximum absolute atomic E-state index is 14.8. The van der Waals surface area contributed by atoms with Crippen LogP contribution in [0.15, 0.2) is 12.1 Å². The fourth-order valence-corrected chi connectivity index (χ4v) is 5.24. The molecule has 0 spiro atoms. The highest BCUT2D eigenvalue weighted by Gasteiger charge is 2.80. The molecule has 0 aromatic heterocycles. The number of benzene rings is 1. The van der Waals surface area contributed by atoms with Gasteiger partial charge < -0.3 is 15.5 Å². The van der Waals surface area contributed by atoms with E-state index < -0.39 is 51.8 Å². The first-order valence-corrected chi connectivity index (χ1v) is 9.84. The highest BCUT2D eigenvalue weighted by molar-refractivity contribution is 6.31. The summed E-state index contributed by atoms with van der Waals surface area (Å²) in [6.07, 6.45) is -5.18. The summed E-state index contributed by atoms with van der Waals surface area (Å²) in [6.45, 7) is 1.93. The number of nitrogens with one attached hydrogen (secondary N) is 2. The molecule has 5 rings (SSSR count). The predicted octanol–water partition coefficient (Wildman–Crippen LogP) is 3.92. The Bertz CT molecular complexity index is 902. The summed E-state index contributed by atoms with van der Waals surface area (Å²) in [7, 11) is 0. The Kier molecular flexibility index (Phi) is 4.72. The number of amides is 3. The summed E-state index contributed by atoms with van der Waals surface area (Å²) >= 11 is 5.67. The molecule has 1 aliphatic heterocycles. The minimum Gasteiger partial charge on any atom is -0.353 e. The van der Waals surface area contributed by atoms with Crippen LogP contribution < -0.4 is 10.6 Å². The lowest BCUT2D eigenvalue weighted by molar-refractivity contribution is -0.370. The van der Waals surface area contributed by atoms with E-state index in [0.717, 1.165) is 12.1 Å². The Morgan fingerprint density at radius 2 is 1.93 bits per heavy atom. The van der Waals surface area contributed by atoms with Crippen molar-refractivity contribution in [3.05, 3.63) is 34.4 Å². The molecule has 1 aromatic rings. The summed E-state index contributed by atoms with van der Waals surface area (Å²) in [6, 6.07) is -0.621. The fraction of sp³-hybridized carbons (Fsp3) is 0.579. The monoisotopic (exact) mass is 451 g/mol. The van der Waals surface area contributed by atoms with Crippen LogP contribution in [0.5, 0.6) is 0 Å². The quantitative estimate of drug-likeness (QED) is 0.540. The van der Waals surface area contributed by atoms with Crippen molar-refractivity contribution < 1.29 is 31.5 Å². The Hall–Kier alpha value is -2.10. The van der Waals surface area contributed by atoms with Crippen LogP contribution in [0, 0.1) is 22.5 Å². The van der Waals surface area contributed by atoms with Gasteiger partial charge in [-0.15, -0.1) is 0 Å². The van der Waals surface area contributed by atoms with E-state index in [9.17, 15) is 31.5 Å². The molecule has 1 aromatic carbocycles. The second-order valence-electron chi connectivity index (χ2n) is 8.48. The van der Waals surface area contributed by atoms with Crippen LogP contribution in [-0.2, 0) is 4.79 Å². The highest BCUT2D eigenvalue weighted by atomic mass is 35.5. The van der Waals surface area contributed by atoms with E-state index in [1.54, 1.807) is 0 Å². The first-order valence-electron chi connectivity index (χ1n) is 9.46. The molecule has 1 heterocycles. The Balaban J connectivity index is 1.64. The van der Waals surface area contributed by atoms with Gasteiger partial charge in [0, 0.05) is 18.7 Å². The van der Waals surface area contributed by atoms with Crippen molar-refractivity contribution in [1.29, 1.82) is 0 Å². The number of rotatable bonds is 3. The van der Waals surface area contributed by atoms with Gasteiger partial charge in [-0.05, 0) is 37.7 Å². The van der Waals surface area contributed by atoms with Gasteiger partial charge in [0.25, 0.3) is 0 Å². The summed E-state index contributed by atoms with van der Waals surface area (Å²) in [5.41, 5.74) is -3.00. The number of carbonyl (C=O) groups excluding carboxylic acids is 2. The lowest BCUT2D eigenvalue weighted by Crippen LogP contribution is -2.72. The van der Waals surface area contributed by atoms with E-state index >= 15 is 0 Å². The van der Waals surface area contributed by atoms with Crippen LogP contribution in [0.4, 0.5) is 26.7 Å². The topological polar surface area (TPSA) is 61.4 Å². The summed E-state index contributed by atoms with van der Waals surface area (Å²) in [5, 5.41) is 4.43. The molecular weight excluding hydrogens is 433 g/mol. The van der Waals surface area contributed by atoms with Crippen molar-refractivity contribution in [2.24, 2.45) is 10.8 Å². The molecule has 3 amide bonds. The first kappa shape index (κ1) is 21.1. The van der Waals surface area contributed by atoms with Gasteiger partial charge >= 0.3 is 12.2 Å². The molecule has 2 atom stereocenters. The van der Waals surface area contributed by atoms with Crippen LogP contribution in [-0.4, -0.2) is 42.1 Å². The first-order chi connectivity index (χ1) is 13.9. The van der Waals surface area contributed by atoms with Crippen molar-refractivity contribution in [3.63, 3.8) is 0 Å². The maximum Gasteiger partial charge on any atom is 0.394 e. The van der Waals surface area contributed by atoms with Crippen molar-refractivity contribution in [2.45, 2.75) is 44.4 Å². The van der Waals surface area contributed by atoms with Gasteiger partial charge in [0.15, 0.2) is 0 Å². The van der Waals surface area contributed by atoms with E-state index in [4.69, 9.17) is 11.6 Å². The molecule has 3 saturated carbocycles. The molecule has 4 fully saturated rings. The zero-order valence-electron chi connectivity index (χ0n) is 15.9. The van der Waals surface area contributed by atoms with E-state index in [2.05, 4.69) is 10.6 Å². The summed E-state index contributed by atoms with van der Waals surface area (Å²) in [4.78, 5) is 25.9. The number of nitrogens with zero attached hydrogens (tertiary/aromatic N) is 1. The Morgan fingerprint density at radius 3 is 2.53 bits per heavy atom. The van der Waals surface area contributed by atoms with Crippen molar-refractivity contribution in [1.82, 2.24) is 15.5 Å². The van der Waals surface area contributed by atoms with Crippen molar-refractivity contribution >= 4 is 23.5 Å². The fourth-order valence-electron chi connectivity index (χ4n) is 5.06. The van der Waals surface area contributed by atoms with E-state index in [-0.39, 0.29) is 43.8 Å². The number of piperazine rings is 1. The van der Waals surface area contributed by atoms with E-state index in [0.29, 0.717) is 0 Å². The number of halogens is 6. The third-order valence-corrected chi connectivity index (χ3v) is 7.04. The largest absolute Gasteiger partial charge is 0.394 e. The summed E-state index contributed by atoms with van der Waals surface area (Å²) in [5.74, 6) is -2.49. The average molecular weight is 452 g/mol. The van der Waals surface area contributed by atoms with Gasteiger partial charge in [0.1, 0.15) is 22.7 Å². The molecule has 5 nitrogen and oxygen atoms in total. The second kappa shape index (κ2) is 6.70. The molecule has 3 aliphatic carbocycles. The van der Waals surface area contributed by atoms with Gasteiger partial charge in [-0.25, -0.2) is 13.6 Å². The molecule has 0 radical (unpaired) electrons. The zero-order chi connectivity index (χ0) is 22.1. The number of hydrogen-bond acceptors (Lipinski definition) is 2. The molecule has 0 unspecified atom stereocenters. The zero-order valence-corrected chi connectivity index (χ0v) is 16.6. The van der Waals surface area contributed by atoms with Crippen molar-refractivity contribution in [3.8, 4) is 0 Å². The number of urea groups is 1. The van der Waals surface area contributed by atoms with E-state index in [1.165, 1.54) is 11.8 Å². The molecule has 11 heteroatoms. The number of hydrogen-bond donors (Lipinski definition) is 2. The van der Waals surface area contributed by atoms with Gasteiger partial charge in [0.05, 0.1) is 11.5 Å². The predicted molar refractivity (Wildman–Crippen MR) is 96.6 cm³/mol. The van der Waals surface area contributed by atoms with Crippen LogP contribution in [0.2, 0.25) is 5.02 Å². The maximum atomic E-state index is 14.8. The number of alkyl halides is 3. The molecule has 1 saturated heterocycles. The lowest BCUT2D eigenvalue weighted by Gasteiger charge is -2.73. The molecular formula is C19H19ClF5N3O2. The molecule has 164 valence electrons. The smallest absolute Gasteiger partial charge is 0.353 e. The Labute approximate surface area is 173 Å². The second-order valence-corrected chi connectivity index (χ2v) is 8.86. The van der Waals surface area contributed by atoms with E-state index in [1.807, 2.05) is 0 Å². The summed E-state index contributed by atoms with van der Waals surface area (Å²) < 4.78 is 68.3. The van der Waals surface area contributed by atoms with Gasteiger partial charge in [0.2, 0.25) is 5.91 Å². The van der Waals surface area contributed by atoms with Crippen LogP contribution in [0.3, 0.4) is 0 Å². The minimum atomic E-state index is -4.39. The third kappa shape index (κ3) is 2.94. The van der Waals surface area contributed by atoms with Gasteiger partial charge in [-0.2, -0.15) is 13.2 Å². The van der Waals surface area contributed by atoms with Crippen molar-refractivity contribution in [2.75, 3.05) is 13.1 Å². The van der Waals surface area contributed by atoms with Crippen LogP contribution >= 0.6 is 11.6 Å². The Morgan fingerprint density at radius 1 is 1.30 bits per heavy atom. The molecule has 30 heavy (non-hydrogen) atoms. The molecule has 4 aliphatic rings. The minimum absolute atomic E-state index is 0.167. The molecule has 2 N–H and O–H groups in total. The lowest BCUT2D eigenvalue weighted by atomic mass is 9.32. The van der Waals surface area contributed by atoms with Crippen LogP contribution in [0.1, 0.15) is 37.8 Å². The number of carbonyl (C=O) groups is 2. The third-order valence-electron chi connectivity index (χ3n) is 6.69. The SMILES string of the molecule is C[C@@H]1C(=O)NCCN1C(=O)N[C@H](c1ccc(F)c(Cl)c1F)C12CC(C(F)(F)F)(C1)C2. The normalized spacial score (nSPS) is 31.4. The van der Waals surface area contributed by atoms with Gasteiger partial charge in [-0.1, -0.05) is 17.7 Å². The highest BCUT2D eigenvalue weighted by Crippen LogP contribution is 2.81. The standard InChI is InChI=1S/C19H19ClF5N3O2/c1-9-15(29)26-4-5-28(9)16(30)27-14(10-2-3-11(21)12(20)13(10)22)17-6-18(7-17,8-17)19(23,24)25/h2-3,9,14H,4-8H2,1H3,(H,26,29)(H,27,30)/t9-,14-,17?,18?/m1/s1. The average Bonchev–Trinajstić information content (AvgIpc) is 2.58.